The molecule has 17 rings (SSSR count). The highest BCUT2D eigenvalue weighted by atomic mass is 14.5. The Bertz CT molecular complexity index is 5250. The average molecular weight is 1400 g/mol. The molecular weight excluding hydrogens is 1300 g/mol. The monoisotopic (exact) mass is 1400 g/mol. The fourth-order valence-corrected chi connectivity index (χ4v) is 19.4. The van der Waals surface area contributed by atoms with Crippen molar-refractivity contribution in [1.82, 2.24) is 0 Å². The van der Waals surface area contributed by atoms with Crippen LogP contribution >= 0.6 is 0 Å². The van der Waals surface area contributed by atoms with Crippen molar-refractivity contribution in [3.8, 4) is 66.8 Å². The first-order chi connectivity index (χ1) is 53.4. The predicted molar refractivity (Wildman–Crippen MR) is 464 cm³/mol. The van der Waals surface area contributed by atoms with Crippen LogP contribution in [0.1, 0.15) is 197 Å². The molecule has 0 spiro atoms. The van der Waals surface area contributed by atoms with E-state index in [9.17, 15) is 0 Å². The molecule has 0 aromatic heterocycles. The molecule has 0 fully saturated rings. The number of fused-ring (bicyclic) bond motifs is 10. The summed E-state index contributed by atoms with van der Waals surface area (Å²) in [6.45, 7) is 9.34. The number of unbranched alkanes of at least 4 members (excludes halogenated alkanes) is 12. The van der Waals surface area contributed by atoms with Crippen molar-refractivity contribution >= 4 is 43.1 Å². The summed E-state index contributed by atoms with van der Waals surface area (Å²) < 4.78 is 0. The van der Waals surface area contributed by atoms with Crippen molar-refractivity contribution < 1.29 is 0 Å². The molecule has 0 heteroatoms. The number of hydrogen-bond acceptors (Lipinski definition) is 0. The summed E-state index contributed by atoms with van der Waals surface area (Å²) in [6, 6.07) is 120. The maximum Gasteiger partial charge on any atom is 0.0713 e. The first kappa shape index (κ1) is 70.3. The lowest BCUT2D eigenvalue weighted by atomic mass is 9.63. The Kier molecular flexibility index (Phi) is 20.4. The highest BCUT2D eigenvalue weighted by Crippen LogP contribution is 2.61. The van der Waals surface area contributed by atoms with Gasteiger partial charge in [0.1, 0.15) is 0 Å². The van der Waals surface area contributed by atoms with E-state index in [4.69, 9.17) is 0 Å². The van der Waals surface area contributed by atoms with Gasteiger partial charge in [0.15, 0.2) is 0 Å². The smallest absolute Gasteiger partial charge is 0.0654 e. The molecule has 0 amide bonds. The molecule has 0 radical (unpaired) electrons. The van der Waals surface area contributed by atoms with E-state index < -0.39 is 10.8 Å². The summed E-state index contributed by atoms with van der Waals surface area (Å²) >= 11 is 0. The Morgan fingerprint density at radius 3 is 0.852 bits per heavy atom. The maximum atomic E-state index is 2.74. The average Bonchev–Trinajstić information content (AvgIpc) is 1.52. The van der Waals surface area contributed by atoms with Crippen LogP contribution in [0.25, 0.3) is 110 Å². The first-order valence-electron chi connectivity index (χ1n) is 41.3. The Balaban J connectivity index is 0.915. The van der Waals surface area contributed by atoms with Crippen molar-refractivity contribution in [1.29, 1.82) is 0 Å². The van der Waals surface area contributed by atoms with E-state index in [2.05, 4.69) is 331 Å². The van der Waals surface area contributed by atoms with E-state index in [1.54, 1.807) is 0 Å². The second kappa shape index (κ2) is 31.3. The molecule has 15 aromatic carbocycles. The minimum Gasteiger partial charge on any atom is -0.0654 e. The lowest BCUT2D eigenvalue weighted by molar-refractivity contribution is 0.664. The van der Waals surface area contributed by atoms with E-state index in [1.165, 1.54) is 279 Å². The van der Waals surface area contributed by atoms with Gasteiger partial charge in [0.05, 0.1) is 10.8 Å². The van der Waals surface area contributed by atoms with Crippen LogP contribution in [0.4, 0.5) is 0 Å². The van der Waals surface area contributed by atoms with Gasteiger partial charge in [0.2, 0.25) is 0 Å². The van der Waals surface area contributed by atoms with Crippen LogP contribution < -0.4 is 0 Å². The van der Waals surface area contributed by atoms with Crippen molar-refractivity contribution in [2.24, 2.45) is 0 Å². The topological polar surface area (TPSA) is 0 Å². The fourth-order valence-electron chi connectivity index (χ4n) is 19.4. The van der Waals surface area contributed by atoms with E-state index in [0.29, 0.717) is 0 Å². The van der Waals surface area contributed by atoms with Gasteiger partial charge in [0, 0.05) is 0 Å². The summed E-state index contributed by atoms with van der Waals surface area (Å²) in [5.74, 6) is 0. The van der Waals surface area contributed by atoms with Gasteiger partial charge in [-0.1, -0.05) is 396 Å². The third-order valence-corrected chi connectivity index (χ3v) is 24.7. The predicted octanol–water partition coefficient (Wildman–Crippen LogP) is 30.2. The van der Waals surface area contributed by atoms with Crippen LogP contribution in [0, 0.1) is 0 Å². The molecule has 0 heterocycles. The van der Waals surface area contributed by atoms with Crippen LogP contribution in [0.5, 0.6) is 0 Å². The Morgan fingerprint density at radius 2 is 0.509 bits per heavy atom. The minimum absolute atomic E-state index is 0.692. The van der Waals surface area contributed by atoms with Gasteiger partial charge < -0.3 is 0 Å². The van der Waals surface area contributed by atoms with E-state index in [0.717, 1.165) is 25.7 Å². The molecule has 0 unspecified atom stereocenters. The zero-order valence-corrected chi connectivity index (χ0v) is 64.0. The van der Waals surface area contributed by atoms with E-state index in [-0.39, 0.29) is 0 Å². The van der Waals surface area contributed by atoms with Crippen LogP contribution in [-0.2, 0) is 36.5 Å². The van der Waals surface area contributed by atoms with Crippen LogP contribution in [0.15, 0.2) is 303 Å². The number of hydrogen-bond donors (Lipinski definition) is 0. The third-order valence-electron chi connectivity index (χ3n) is 24.7. The molecule has 0 N–H and O–H groups in total. The summed E-state index contributed by atoms with van der Waals surface area (Å²) in [6.07, 6.45) is 23.8. The summed E-state index contributed by atoms with van der Waals surface area (Å²) in [7, 11) is 0. The molecule has 2 aliphatic carbocycles. The zero-order chi connectivity index (χ0) is 73.0. The summed E-state index contributed by atoms with van der Waals surface area (Å²) in [5, 5.41) is 10.2. The van der Waals surface area contributed by atoms with Crippen molar-refractivity contribution in [3.63, 3.8) is 0 Å². The maximum absolute atomic E-state index is 2.74. The molecule has 0 bridgehead atoms. The standard InChI is InChI=1S/C108H102/c1-5-9-13-19-34-75-52-64-93-94-65-53-76(35-20-14-10-6-2)69-102(94)107(101(93)68-75,85-60-56-79(57-61-85)89-48-32-50-97-99(89)72-83-42-27-29-46-91(83)105(97)81-38-23-17-24-39-81)87-44-31-45-88(74-87)108(103-70-77(36-21-15-11-7-3)54-66-95(103)96-67-55-78(71-104(96)108)37-22-16-12-8-4)86-62-58-80(59-63-86)90-49-33-51-98-100(90)73-84-43-28-30-47-92(84)106(98)82-40-25-18-26-41-82/h17-18,23-33,38-74H,5-16,19-22,34-37H2,1-4H3. The van der Waals surface area contributed by atoms with Gasteiger partial charge in [-0.05, 0) is 240 Å². The van der Waals surface area contributed by atoms with Gasteiger partial charge in [0.25, 0.3) is 0 Å². The van der Waals surface area contributed by atoms with Crippen LogP contribution in [0.3, 0.4) is 0 Å². The molecule has 0 saturated carbocycles. The van der Waals surface area contributed by atoms with Crippen molar-refractivity contribution in [2.45, 2.75) is 167 Å². The Morgan fingerprint density at radius 1 is 0.194 bits per heavy atom. The summed E-state index contributed by atoms with van der Waals surface area (Å²) in [5.41, 5.74) is 30.6. The third kappa shape index (κ3) is 12.8. The van der Waals surface area contributed by atoms with Gasteiger partial charge >= 0.3 is 0 Å². The Hall–Kier alpha value is -10.7. The lowest BCUT2D eigenvalue weighted by Crippen LogP contribution is -2.32. The summed E-state index contributed by atoms with van der Waals surface area (Å²) in [4.78, 5) is 0. The lowest BCUT2D eigenvalue weighted by Gasteiger charge is -2.38. The van der Waals surface area contributed by atoms with Gasteiger partial charge in [-0.15, -0.1) is 0 Å². The zero-order valence-electron chi connectivity index (χ0n) is 64.0. The van der Waals surface area contributed by atoms with Gasteiger partial charge in [-0.2, -0.15) is 0 Å². The molecule has 15 aromatic rings. The van der Waals surface area contributed by atoms with E-state index in [1.807, 2.05) is 0 Å². The van der Waals surface area contributed by atoms with Gasteiger partial charge in [-0.25, -0.2) is 0 Å². The highest BCUT2D eigenvalue weighted by Gasteiger charge is 2.50. The molecule has 0 atom stereocenters. The second-order valence-corrected chi connectivity index (χ2v) is 31.5. The second-order valence-electron chi connectivity index (χ2n) is 31.5. The molecule has 108 heavy (non-hydrogen) atoms. The molecule has 0 saturated heterocycles. The largest absolute Gasteiger partial charge is 0.0713 e. The van der Waals surface area contributed by atoms with Crippen LogP contribution in [0.2, 0.25) is 0 Å². The molecular formula is C108H102. The fraction of sp³-hybridized carbons (Fsp3) is 0.241. The molecule has 2 aliphatic rings. The van der Waals surface area contributed by atoms with Crippen molar-refractivity contribution in [3.05, 3.63) is 370 Å². The molecule has 0 nitrogen and oxygen atoms in total. The SMILES string of the molecule is CCCCCCc1ccc2c(c1)C(c1ccc(-c3cccc4c(-c5ccccc5)c5ccccc5cc34)cc1)(c1cccc(C3(c4ccc(-c5cccc6c(-c7ccccc7)c7ccccc7cc56)cc4)c4cc(CCCCCC)ccc4-c4ccc(CCCCCC)cc43)c1)c1cc(CCCCCC)ccc1-2. The van der Waals surface area contributed by atoms with Crippen molar-refractivity contribution in [2.75, 3.05) is 0 Å². The number of aryl methyl sites for hydroxylation is 4. The molecule has 0 aliphatic heterocycles. The van der Waals surface area contributed by atoms with Gasteiger partial charge in [-0.3, -0.25) is 0 Å². The van der Waals surface area contributed by atoms with E-state index >= 15 is 0 Å². The number of benzene rings is 15. The Labute approximate surface area is 642 Å². The van der Waals surface area contributed by atoms with Crippen LogP contribution in [-0.4, -0.2) is 0 Å². The highest BCUT2D eigenvalue weighted by molar-refractivity contribution is 6.17. The number of rotatable bonds is 28. The normalized spacial score (nSPS) is 13.1. The quantitative estimate of drug-likeness (QED) is 0.0339. The minimum atomic E-state index is -0.692. The first-order valence-corrected chi connectivity index (χ1v) is 41.3. The molecule has 534 valence electrons.